The molecule has 0 bridgehead atoms. The summed E-state index contributed by atoms with van der Waals surface area (Å²) in [5.41, 5.74) is 0. The van der Waals surface area contributed by atoms with Gasteiger partial charge >= 0.3 is 5.97 Å². The lowest BCUT2D eigenvalue weighted by atomic mass is 10.1. The Bertz CT molecular complexity index is 120. The summed E-state index contributed by atoms with van der Waals surface area (Å²) in [5, 5.41) is 8.71. The number of aliphatic hydroxyl groups excluding tert-OH is 1. The van der Waals surface area contributed by atoms with Gasteiger partial charge in [0, 0.05) is 7.11 Å². The molecule has 0 radical (unpaired) electrons. The SMILES string of the molecule is COC(=O)C(C)C(CO)OC. The first kappa shape index (κ1) is 10.4. The van der Waals surface area contributed by atoms with Gasteiger partial charge in [0.15, 0.2) is 0 Å². The zero-order valence-electron chi connectivity index (χ0n) is 7.03. The Morgan fingerprint density at radius 2 is 2.09 bits per heavy atom. The number of esters is 1. The first-order valence-corrected chi connectivity index (χ1v) is 3.38. The minimum atomic E-state index is -0.470. The van der Waals surface area contributed by atoms with Crippen molar-refractivity contribution in [1.29, 1.82) is 0 Å². The zero-order valence-corrected chi connectivity index (χ0v) is 7.03. The fraction of sp³-hybridized carbons (Fsp3) is 0.857. The molecule has 11 heavy (non-hydrogen) atoms. The summed E-state index contributed by atoms with van der Waals surface area (Å²) in [4.78, 5) is 10.9. The van der Waals surface area contributed by atoms with Gasteiger partial charge < -0.3 is 14.6 Å². The highest BCUT2D eigenvalue weighted by atomic mass is 16.5. The number of methoxy groups -OCH3 is 2. The molecule has 0 aromatic heterocycles. The lowest BCUT2D eigenvalue weighted by molar-refractivity contribution is -0.150. The normalized spacial score (nSPS) is 15.6. The Labute approximate surface area is 66.1 Å². The van der Waals surface area contributed by atoms with Gasteiger partial charge in [-0.2, -0.15) is 0 Å². The number of ether oxygens (including phenoxy) is 2. The Morgan fingerprint density at radius 1 is 1.55 bits per heavy atom. The molecular formula is C7H14O4. The van der Waals surface area contributed by atoms with Gasteiger partial charge in [-0.15, -0.1) is 0 Å². The van der Waals surface area contributed by atoms with Gasteiger partial charge in [0.2, 0.25) is 0 Å². The van der Waals surface area contributed by atoms with E-state index >= 15 is 0 Å². The van der Waals surface area contributed by atoms with Gasteiger partial charge in [-0.3, -0.25) is 4.79 Å². The standard InChI is InChI=1S/C7H14O4/c1-5(7(9)11-3)6(4-8)10-2/h5-6,8H,4H2,1-3H3. The molecule has 4 nitrogen and oxygen atoms in total. The molecule has 66 valence electrons. The fourth-order valence-electron chi connectivity index (χ4n) is 0.774. The molecule has 0 rings (SSSR count). The number of carbonyl (C=O) groups is 1. The number of hydrogen-bond donors (Lipinski definition) is 1. The molecule has 0 amide bonds. The fourth-order valence-corrected chi connectivity index (χ4v) is 0.774. The van der Waals surface area contributed by atoms with E-state index in [9.17, 15) is 4.79 Å². The lowest BCUT2D eigenvalue weighted by Crippen LogP contribution is -2.31. The van der Waals surface area contributed by atoms with Gasteiger partial charge in [0.25, 0.3) is 0 Å². The van der Waals surface area contributed by atoms with Gasteiger partial charge in [-0.25, -0.2) is 0 Å². The van der Waals surface area contributed by atoms with Crippen molar-refractivity contribution in [2.45, 2.75) is 13.0 Å². The largest absolute Gasteiger partial charge is 0.469 e. The summed E-state index contributed by atoms with van der Waals surface area (Å²) in [6.07, 6.45) is -0.470. The summed E-state index contributed by atoms with van der Waals surface area (Å²) in [6, 6.07) is 0. The van der Waals surface area contributed by atoms with E-state index in [1.165, 1.54) is 14.2 Å². The van der Waals surface area contributed by atoms with Crippen LogP contribution in [0.1, 0.15) is 6.92 Å². The molecule has 0 aliphatic heterocycles. The second kappa shape index (κ2) is 5.09. The topological polar surface area (TPSA) is 55.8 Å². The number of carbonyl (C=O) groups excluding carboxylic acids is 1. The molecule has 0 aliphatic carbocycles. The van der Waals surface area contributed by atoms with E-state index < -0.39 is 12.0 Å². The quantitative estimate of drug-likeness (QED) is 0.582. The van der Waals surface area contributed by atoms with Crippen LogP contribution in [0.4, 0.5) is 0 Å². The molecule has 0 spiro atoms. The monoisotopic (exact) mass is 162 g/mol. The van der Waals surface area contributed by atoms with Crippen LogP contribution in [0.3, 0.4) is 0 Å². The Kier molecular flexibility index (Phi) is 4.81. The Balaban J connectivity index is 3.97. The summed E-state index contributed by atoms with van der Waals surface area (Å²) in [6.45, 7) is 1.48. The average molecular weight is 162 g/mol. The first-order chi connectivity index (χ1) is 5.17. The van der Waals surface area contributed by atoms with E-state index in [0.29, 0.717) is 0 Å². The minimum Gasteiger partial charge on any atom is -0.469 e. The van der Waals surface area contributed by atoms with E-state index in [2.05, 4.69) is 4.74 Å². The molecule has 0 aromatic rings. The number of rotatable bonds is 4. The summed E-state index contributed by atoms with van der Waals surface area (Å²) in [5.74, 6) is -0.791. The predicted molar refractivity (Wildman–Crippen MR) is 39.1 cm³/mol. The second-order valence-corrected chi connectivity index (χ2v) is 2.27. The molecule has 0 saturated carbocycles. The van der Waals surface area contributed by atoms with Crippen molar-refractivity contribution in [3.05, 3.63) is 0 Å². The predicted octanol–water partition coefficient (Wildman–Crippen LogP) is -0.197. The van der Waals surface area contributed by atoms with Crippen LogP contribution >= 0.6 is 0 Å². The summed E-state index contributed by atoms with van der Waals surface area (Å²) in [7, 11) is 2.75. The van der Waals surface area contributed by atoms with Gasteiger partial charge in [-0.05, 0) is 6.92 Å². The summed E-state index contributed by atoms with van der Waals surface area (Å²) >= 11 is 0. The van der Waals surface area contributed by atoms with Crippen molar-refractivity contribution in [2.75, 3.05) is 20.8 Å². The van der Waals surface area contributed by atoms with E-state index in [0.717, 1.165) is 0 Å². The molecule has 0 heterocycles. The van der Waals surface area contributed by atoms with Crippen LogP contribution in [0.5, 0.6) is 0 Å². The van der Waals surface area contributed by atoms with Crippen molar-refractivity contribution in [3.63, 3.8) is 0 Å². The molecule has 0 saturated heterocycles. The van der Waals surface area contributed by atoms with Crippen LogP contribution < -0.4 is 0 Å². The first-order valence-electron chi connectivity index (χ1n) is 3.38. The van der Waals surface area contributed by atoms with Gasteiger partial charge in [-0.1, -0.05) is 0 Å². The van der Waals surface area contributed by atoms with Crippen molar-refractivity contribution in [3.8, 4) is 0 Å². The highest BCUT2D eigenvalue weighted by Crippen LogP contribution is 2.07. The molecular weight excluding hydrogens is 148 g/mol. The molecule has 0 aliphatic rings. The highest BCUT2D eigenvalue weighted by Gasteiger charge is 2.23. The maximum Gasteiger partial charge on any atom is 0.311 e. The van der Waals surface area contributed by atoms with E-state index in [1.54, 1.807) is 6.92 Å². The zero-order chi connectivity index (χ0) is 8.85. The third-order valence-corrected chi connectivity index (χ3v) is 1.61. The Morgan fingerprint density at radius 3 is 2.36 bits per heavy atom. The molecule has 2 unspecified atom stereocenters. The van der Waals surface area contributed by atoms with Gasteiger partial charge in [0.05, 0.1) is 25.7 Å². The van der Waals surface area contributed by atoms with Gasteiger partial charge in [0.1, 0.15) is 0 Å². The van der Waals surface area contributed by atoms with Crippen LogP contribution in [-0.4, -0.2) is 38.0 Å². The molecule has 1 N–H and O–H groups in total. The number of aliphatic hydroxyl groups is 1. The van der Waals surface area contributed by atoms with Crippen LogP contribution in [-0.2, 0) is 14.3 Å². The third-order valence-electron chi connectivity index (χ3n) is 1.61. The smallest absolute Gasteiger partial charge is 0.311 e. The van der Waals surface area contributed by atoms with E-state index in [-0.39, 0.29) is 12.6 Å². The molecule has 4 heteroatoms. The van der Waals surface area contributed by atoms with Crippen molar-refractivity contribution >= 4 is 5.97 Å². The average Bonchev–Trinajstić information content (AvgIpc) is 2.05. The third kappa shape index (κ3) is 2.86. The van der Waals surface area contributed by atoms with Crippen LogP contribution in [0, 0.1) is 5.92 Å². The molecule has 2 atom stereocenters. The summed E-state index contributed by atoms with van der Waals surface area (Å²) < 4.78 is 9.30. The number of hydrogen-bond acceptors (Lipinski definition) is 4. The Hall–Kier alpha value is -0.610. The minimum absolute atomic E-state index is 0.174. The van der Waals surface area contributed by atoms with E-state index in [4.69, 9.17) is 9.84 Å². The van der Waals surface area contributed by atoms with Crippen molar-refractivity contribution in [2.24, 2.45) is 5.92 Å². The van der Waals surface area contributed by atoms with Crippen LogP contribution in [0.15, 0.2) is 0 Å². The molecule has 0 fully saturated rings. The van der Waals surface area contributed by atoms with Crippen molar-refractivity contribution < 1.29 is 19.4 Å². The maximum absolute atomic E-state index is 10.9. The molecule has 0 aromatic carbocycles. The maximum atomic E-state index is 10.9. The second-order valence-electron chi connectivity index (χ2n) is 2.27. The van der Waals surface area contributed by atoms with Crippen molar-refractivity contribution in [1.82, 2.24) is 0 Å². The lowest BCUT2D eigenvalue weighted by Gasteiger charge is -2.17. The van der Waals surface area contributed by atoms with Crippen LogP contribution in [0.25, 0.3) is 0 Å². The van der Waals surface area contributed by atoms with E-state index in [1.807, 2.05) is 0 Å². The highest BCUT2D eigenvalue weighted by molar-refractivity contribution is 5.72. The van der Waals surface area contributed by atoms with Crippen LogP contribution in [0.2, 0.25) is 0 Å².